The lowest BCUT2D eigenvalue weighted by atomic mass is 9.94. The molecule has 1 aromatic heterocycles. The molecular weight excluding hydrogens is 428 g/mol. The molecule has 0 spiro atoms. The summed E-state index contributed by atoms with van der Waals surface area (Å²) in [6, 6.07) is 5.02. The van der Waals surface area contributed by atoms with E-state index in [1.807, 2.05) is 0 Å². The van der Waals surface area contributed by atoms with Gasteiger partial charge in [-0.2, -0.15) is 17.6 Å². The molecule has 0 radical (unpaired) electrons. The van der Waals surface area contributed by atoms with Crippen molar-refractivity contribution in [3.63, 3.8) is 0 Å². The Kier molecular flexibility index (Phi) is 6.52. The van der Waals surface area contributed by atoms with Crippen LogP contribution in [-0.4, -0.2) is 48.5 Å². The smallest absolute Gasteiger partial charge is 0.381 e. The summed E-state index contributed by atoms with van der Waals surface area (Å²) in [5.41, 5.74) is -0.510. The number of anilines is 2. The molecular formula is C22H26F4N4O2. The Hall–Kier alpha value is -2.46. The molecule has 1 aliphatic carbocycles. The minimum Gasteiger partial charge on any atom is -0.381 e. The van der Waals surface area contributed by atoms with E-state index >= 15 is 4.39 Å². The lowest BCUT2D eigenvalue weighted by molar-refractivity contribution is -0.137. The Morgan fingerprint density at radius 2 is 1.84 bits per heavy atom. The van der Waals surface area contributed by atoms with Gasteiger partial charge in [0.15, 0.2) is 11.6 Å². The van der Waals surface area contributed by atoms with Crippen molar-refractivity contribution < 1.29 is 27.0 Å². The number of rotatable bonds is 8. The van der Waals surface area contributed by atoms with Crippen molar-refractivity contribution in [2.75, 3.05) is 37.1 Å². The molecule has 174 valence electrons. The van der Waals surface area contributed by atoms with Gasteiger partial charge in [-0.15, -0.1) is 0 Å². The van der Waals surface area contributed by atoms with Crippen LogP contribution < -0.4 is 10.2 Å². The fourth-order valence-corrected chi connectivity index (χ4v) is 3.88. The van der Waals surface area contributed by atoms with Crippen LogP contribution in [0.3, 0.4) is 0 Å². The largest absolute Gasteiger partial charge is 0.416 e. The maximum atomic E-state index is 15.4. The van der Waals surface area contributed by atoms with Crippen molar-refractivity contribution in [2.45, 2.75) is 50.0 Å². The number of nitrogens with one attached hydrogen (secondary N) is 1. The van der Waals surface area contributed by atoms with Gasteiger partial charge in [0.1, 0.15) is 6.33 Å². The predicted molar refractivity (Wildman–Crippen MR) is 111 cm³/mol. The number of halogens is 4. The maximum Gasteiger partial charge on any atom is 0.416 e. The maximum absolute atomic E-state index is 15.4. The quantitative estimate of drug-likeness (QED) is 0.597. The van der Waals surface area contributed by atoms with E-state index in [2.05, 4.69) is 15.3 Å². The Bertz CT molecular complexity index is 913. The Morgan fingerprint density at radius 3 is 2.44 bits per heavy atom. The van der Waals surface area contributed by atoms with Crippen LogP contribution >= 0.6 is 0 Å². The summed E-state index contributed by atoms with van der Waals surface area (Å²) in [7, 11) is 1.63. The number of hydrogen-bond acceptors (Lipinski definition) is 6. The van der Waals surface area contributed by atoms with Crippen LogP contribution in [0.5, 0.6) is 0 Å². The van der Waals surface area contributed by atoms with E-state index in [-0.39, 0.29) is 24.2 Å². The third kappa shape index (κ3) is 5.12. The van der Waals surface area contributed by atoms with Gasteiger partial charge >= 0.3 is 6.18 Å². The van der Waals surface area contributed by atoms with Gasteiger partial charge in [-0.25, -0.2) is 9.97 Å². The highest BCUT2D eigenvalue weighted by molar-refractivity contribution is 5.53. The summed E-state index contributed by atoms with van der Waals surface area (Å²) in [6.45, 7) is 1.79. The SMILES string of the molecule is COC1(CNc2ncnc(N(Cc3ccc(C(F)(F)F)cc3)C3CC3)c2F)CCOCC1. The Morgan fingerprint density at radius 1 is 1.16 bits per heavy atom. The van der Waals surface area contributed by atoms with Crippen LogP contribution in [0.4, 0.5) is 29.2 Å². The molecule has 0 amide bonds. The summed E-state index contributed by atoms with van der Waals surface area (Å²) >= 11 is 0. The van der Waals surface area contributed by atoms with E-state index in [9.17, 15) is 13.2 Å². The average Bonchev–Trinajstić information content (AvgIpc) is 3.63. The van der Waals surface area contributed by atoms with Crippen LogP contribution in [0.25, 0.3) is 0 Å². The third-order valence-corrected chi connectivity index (χ3v) is 6.08. The standard InChI is InChI=1S/C22H26F4N4O2/c1-31-21(8-10-32-11-9-21)13-27-19-18(23)20(29-14-28-19)30(17-6-7-17)12-15-2-4-16(5-3-15)22(24,25)26/h2-5,14,17H,6-13H2,1H3,(H,27,28,29). The molecule has 1 saturated heterocycles. The first-order valence-electron chi connectivity index (χ1n) is 10.6. The average molecular weight is 454 g/mol. The van der Waals surface area contributed by atoms with Gasteiger partial charge in [0.05, 0.1) is 11.2 Å². The summed E-state index contributed by atoms with van der Waals surface area (Å²) in [5, 5.41) is 3.06. The molecule has 1 N–H and O–H groups in total. The summed E-state index contributed by atoms with van der Waals surface area (Å²) in [4.78, 5) is 10.0. The second-order valence-electron chi connectivity index (χ2n) is 8.27. The van der Waals surface area contributed by atoms with Gasteiger partial charge < -0.3 is 19.7 Å². The molecule has 32 heavy (non-hydrogen) atoms. The highest BCUT2D eigenvalue weighted by atomic mass is 19.4. The van der Waals surface area contributed by atoms with E-state index in [4.69, 9.17) is 9.47 Å². The number of alkyl halides is 3. The van der Waals surface area contributed by atoms with Crippen molar-refractivity contribution in [3.05, 3.63) is 47.5 Å². The Balaban J connectivity index is 1.51. The van der Waals surface area contributed by atoms with Crippen molar-refractivity contribution >= 4 is 11.6 Å². The molecule has 0 atom stereocenters. The van der Waals surface area contributed by atoms with Crippen LogP contribution in [0.1, 0.15) is 36.8 Å². The van der Waals surface area contributed by atoms with Gasteiger partial charge in [-0.3, -0.25) is 0 Å². The number of nitrogens with zero attached hydrogens (tertiary/aromatic N) is 3. The van der Waals surface area contributed by atoms with Gasteiger partial charge in [0, 0.05) is 52.3 Å². The fraction of sp³-hybridized carbons (Fsp3) is 0.545. The van der Waals surface area contributed by atoms with Gasteiger partial charge in [-0.05, 0) is 30.5 Å². The predicted octanol–water partition coefficient (Wildman–Crippen LogP) is 4.41. The van der Waals surface area contributed by atoms with Gasteiger partial charge in [-0.1, -0.05) is 12.1 Å². The molecule has 6 nitrogen and oxygen atoms in total. The van der Waals surface area contributed by atoms with E-state index in [0.29, 0.717) is 38.2 Å². The van der Waals surface area contributed by atoms with E-state index in [1.165, 1.54) is 18.5 Å². The van der Waals surface area contributed by atoms with Crippen molar-refractivity contribution in [1.29, 1.82) is 0 Å². The van der Waals surface area contributed by atoms with E-state index in [1.54, 1.807) is 12.0 Å². The Labute approximate surface area is 183 Å². The lowest BCUT2D eigenvalue weighted by Crippen LogP contribution is -2.44. The number of ether oxygens (including phenoxy) is 2. The van der Waals surface area contributed by atoms with Crippen LogP contribution in [0, 0.1) is 5.82 Å². The summed E-state index contributed by atoms with van der Waals surface area (Å²) < 4.78 is 65.0. The molecule has 0 bridgehead atoms. The molecule has 2 fully saturated rings. The van der Waals surface area contributed by atoms with Gasteiger partial charge in [0.25, 0.3) is 0 Å². The van der Waals surface area contributed by atoms with Crippen molar-refractivity contribution in [1.82, 2.24) is 9.97 Å². The van der Waals surface area contributed by atoms with Crippen molar-refractivity contribution in [2.24, 2.45) is 0 Å². The zero-order valence-electron chi connectivity index (χ0n) is 17.8. The molecule has 1 saturated carbocycles. The second kappa shape index (κ2) is 9.19. The fourth-order valence-electron chi connectivity index (χ4n) is 3.88. The first kappa shape index (κ1) is 22.7. The summed E-state index contributed by atoms with van der Waals surface area (Å²) in [6.07, 6.45) is 0.0417. The molecule has 1 aromatic carbocycles. The molecule has 2 aromatic rings. The van der Waals surface area contributed by atoms with Gasteiger partial charge in [0.2, 0.25) is 5.82 Å². The van der Waals surface area contributed by atoms with E-state index in [0.717, 1.165) is 25.0 Å². The number of hydrogen-bond donors (Lipinski definition) is 1. The van der Waals surface area contributed by atoms with Crippen LogP contribution in [-0.2, 0) is 22.2 Å². The number of benzene rings is 1. The first-order valence-corrected chi connectivity index (χ1v) is 10.6. The molecule has 1 aliphatic heterocycles. The second-order valence-corrected chi connectivity index (χ2v) is 8.27. The molecule has 2 aliphatic rings. The summed E-state index contributed by atoms with van der Waals surface area (Å²) in [5.74, 6) is -0.357. The monoisotopic (exact) mass is 454 g/mol. The number of methoxy groups -OCH3 is 1. The molecule has 10 heteroatoms. The van der Waals surface area contributed by atoms with Crippen LogP contribution in [0.15, 0.2) is 30.6 Å². The minimum absolute atomic E-state index is 0.0796. The highest BCUT2D eigenvalue weighted by Crippen LogP contribution is 2.35. The van der Waals surface area contributed by atoms with E-state index < -0.39 is 23.2 Å². The zero-order valence-corrected chi connectivity index (χ0v) is 17.8. The zero-order chi connectivity index (χ0) is 22.8. The minimum atomic E-state index is -4.39. The highest BCUT2D eigenvalue weighted by Gasteiger charge is 2.35. The molecule has 2 heterocycles. The third-order valence-electron chi connectivity index (χ3n) is 6.08. The molecule has 4 rings (SSSR count). The first-order chi connectivity index (χ1) is 15.3. The van der Waals surface area contributed by atoms with Crippen LogP contribution in [0.2, 0.25) is 0 Å². The number of aromatic nitrogens is 2. The topological polar surface area (TPSA) is 59.5 Å². The normalized spacial score (nSPS) is 18.4. The van der Waals surface area contributed by atoms with Crippen molar-refractivity contribution in [3.8, 4) is 0 Å². The molecule has 0 unspecified atom stereocenters. The lowest BCUT2D eigenvalue weighted by Gasteiger charge is -2.36.